The van der Waals surface area contributed by atoms with E-state index >= 15 is 0 Å². The Hall–Kier alpha value is -1.54. The third-order valence-corrected chi connectivity index (χ3v) is 3.62. The third kappa shape index (κ3) is 3.02. The van der Waals surface area contributed by atoms with Crippen LogP contribution in [-0.2, 0) is 4.79 Å². The number of aliphatic carboxylic acids is 1. The zero-order valence-electron chi connectivity index (χ0n) is 9.77. The Morgan fingerprint density at radius 2 is 2.28 bits per heavy atom. The minimum absolute atomic E-state index is 0.133. The van der Waals surface area contributed by atoms with Crippen molar-refractivity contribution in [2.45, 2.75) is 25.3 Å². The van der Waals surface area contributed by atoms with E-state index in [1.165, 1.54) is 0 Å². The maximum atomic E-state index is 10.7. The summed E-state index contributed by atoms with van der Waals surface area (Å²) in [5.41, 5.74) is 1.57. The van der Waals surface area contributed by atoms with Gasteiger partial charge in [-0.2, -0.15) is 5.26 Å². The normalized spacial score (nSPS) is 14.0. The largest absolute Gasteiger partial charge is 0.481 e. The van der Waals surface area contributed by atoms with Gasteiger partial charge in [0.2, 0.25) is 0 Å². The Labute approximate surface area is 114 Å². The lowest BCUT2D eigenvalue weighted by Gasteiger charge is -2.24. The van der Waals surface area contributed by atoms with Crippen molar-refractivity contribution in [3.05, 3.63) is 28.2 Å². The van der Waals surface area contributed by atoms with Crippen LogP contribution in [0.3, 0.4) is 0 Å². The van der Waals surface area contributed by atoms with Crippen molar-refractivity contribution in [2.75, 3.05) is 11.4 Å². The summed E-state index contributed by atoms with van der Waals surface area (Å²) in [7, 11) is 0. The van der Waals surface area contributed by atoms with Gasteiger partial charge in [0.1, 0.15) is 6.07 Å². The molecule has 0 bridgehead atoms. The fourth-order valence-corrected chi connectivity index (χ4v) is 2.35. The van der Waals surface area contributed by atoms with E-state index in [9.17, 15) is 4.79 Å². The zero-order valence-corrected chi connectivity index (χ0v) is 11.4. The van der Waals surface area contributed by atoms with Crippen LogP contribution in [0.2, 0.25) is 0 Å². The van der Waals surface area contributed by atoms with Gasteiger partial charge in [0, 0.05) is 22.7 Å². The predicted molar refractivity (Wildman–Crippen MR) is 71.5 cm³/mol. The van der Waals surface area contributed by atoms with E-state index in [-0.39, 0.29) is 6.42 Å². The molecule has 94 valence electrons. The van der Waals surface area contributed by atoms with Gasteiger partial charge in [0.25, 0.3) is 0 Å². The molecule has 1 aliphatic rings. The molecule has 4 nitrogen and oxygen atoms in total. The number of hydrogen-bond donors (Lipinski definition) is 1. The summed E-state index contributed by atoms with van der Waals surface area (Å²) in [5, 5.41) is 17.6. The maximum Gasteiger partial charge on any atom is 0.305 e. The highest BCUT2D eigenvalue weighted by molar-refractivity contribution is 9.10. The van der Waals surface area contributed by atoms with Crippen molar-refractivity contribution in [1.82, 2.24) is 0 Å². The standard InChI is InChI=1S/C13H13BrN2O2/c14-12-7-11(2-1-9(12)8-15)16(10-3-4-10)6-5-13(17)18/h1-2,7,10H,3-6H2,(H,17,18). The van der Waals surface area contributed by atoms with Gasteiger partial charge in [-0.3, -0.25) is 4.79 Å². The van der Waals surface area contributed by atoms with Crippen LogP contribution in [0.4, 0.5) is 5.69 Å². The number of nitriles is 1. The number of rotatable bonds is 5. The van der Waals surface area contributed by atoms with E-state index in [0.717, 1.165) is 23.0 Å². The van der Waals surface area contributed by atoms with Crippen molar-refractivity contribution in [3.63, 3.8) is 0 Å². The van der Waals surface area contributed by atoms with Crippen LogP contribution in [0.5, 0.6) is 0 Å². The number of halogens is 1. The number of hydrogen-bond acceptors (Lipinski definition) is 3. The maximum absolute atomic E-state index is 10.7. The summed E-state index contributed by atoms with van der Waals surface area (Å²) in [6.45, 7) is 0.512. The molecule has 2 rings (SSSR count). The average Bonchev–Trinajstić information content (AvgIpc) is 3.13. The molecule has 0 aliphatic heterocycles. The first-order valence-corrected chi connectivity index (χ1v) is 6.59. The number of carboxylic acid groups (broad SMARTS) is 1. The molecule has 1 saturated carbocycles. The van der Waals surface area contributed by atoms with Gasteiger partial charge in [-0.05, 0) is 47.0 Å². The molecule has 0 unspecified atom stereocenters. The highest BCUT2D eigenvalue weighted by atomic mass is 79.9. The quantitative estimate of drug-likeness (QED) is 0.908. The molecule has 0 heterocycles. The van der Waals surface area contributed by atoms with E-state index in [1.807, 2.05) is 12.1 Å². The Bertz CT molecular complexity index is 506. The number of anilines is 1. The lowest BCUT2D eigenvalue weighted by atomic mass is 10.2. The fourth-order valence-electron chi connectivity index (χ4n) is 1.90. The van der Waals surface area contributed by atoms with Crippen LogP contribution in [-0.4, -0.2) is 23.7 Å². The van der Waals surface area contributed by atoms with Crippen molar-refractivity contribution < 1.29 is 9.90 Å². The van der Waals surface area contributed by atoms with Crippen molar-refractivity contribution in [1.29, 1.82) is 5.26 Å². The Kier molecular flexibility index (Phi) is 3.87. The second-order valence-electron chi connectivity index (χ2n) is 4.34. The summed E-state index contributed by atoms with van der Waals surface area (Å²) in [6, 6.07) is 8.07. The molecule has 1 aromatic carbocycles. The molecule has 0 aromatic heterocycles. The van der Waals surface area contributed by atoms with Crippen molar-refractivity contribution in [2.24, 2.45) is 0 Å². The molecule has 0 radical (unpaired) electrons. The highest BCUT2D eigenvalue weighted by Crippen LogP contribution is 2.33. The second kappa shape index (κ2) is 5.40. The van der Waals surface area contributed by atoms with Gasteiger partial charge in [-0.25, -0.2) is 0 Å². The summed E-state index contributed by atoms with van der Waals surface area (Å²) in [5.74, 6) is -0.784. The first kappa shape index (κ1) is 12.9. The summed E-state index contributed by atoms with van der Waals surface area (Å²) >= 11 is 3.36. The molecule has 0 spiro atoms. The van der Waals surface area contributed by atoms with Crippen molar-refractivity contribution >= 4 is 27.6 Å². The number of carboxylic acids is 1. The first-order chi connectivity index (χ1) is 8.61. The van der Waals surface area contributed by atoms with Gasteiger partial charge in [-0.15, -0.1) is 0 Å². The highest BCUT2D eigenvalue weighted by Gasteiger charge is 2.29. The van der Waals surface area contributed by atoms with Crippen molar-refractivity contribution in [3.8, 4) is 6.07 Å². The Morgan fingerprint density at radius 3 is 2.78 bits per heavy atom. The molecule has 0 amide bonds. The molecular formula is C13H13BrN2O2. The van der Waals surface area contributed by atoms with Crippen LogP contribution in [0.25, 0.3) is 0 Å². The Balaban J connectivity index is 2.18. The number of benzene rings is 1. The lowest BCUT2D eigenvalue weighted by Crippen LogP contribution is -2.28. The smallest absolute Gasteiger partial charge is 0.305 e. The van der Waals surface area contributed by atoms with Crippen LogP contribution in [0.15, 0.2) is 22.7 Å². The minimum Gasteiger partial charge on any atom is -0.481 e. The summed E-state index contributed by atoms with van der Waals surface area (Å²) < 4.78 is 0.753. The zero-order chi connectivity index (χ0) is 13.1. The number of carbonyl (C=O) groups is 1. The van der Waals surface area contributed by atoms with Gasteiger partial charge in [0.05, 0.1) is 12.0 Å². The van der Waals surface area contributed by atoms with Gasteiger partial charge < -0.3 is 10.0 Å². The van der Waals surface area contributed by atoms with Crippen LogP contribution < -0.4 is 4.90 Å². The van der Waals surface area contributed by atoms with E-state index in [0.29, 0.717) is 18.2 Å². The van der Waals surface area contributed by atoms with E-state index in [2.05, 4.69) is 26.9 Å². The third-order valence-electron chi connectivity index (χ3n) is 2.96. The number of nitrogens with zero attached hydrogens (tertiary/aromatic N) is 2. The monoisotopic (exact) mass is 308 g/mol. The second-order valence-corrected chi connectivity index (χ2v) is 5.20. The topological polar surface area (TPSA) is 64.3 Å². The summed E-state index contributed by atoms with van der Waals surface area (Å²) in [4.78, 5) is 12.8. The van der Waals surface area contributed by atoms with Gasteiger partial charge >= 0.3 is 5.97 Å². The van der Waals surface area contributed by atoms with Crippen LogP contribution in [0, 0.1) is 11.3 Å². The lowest BCUT2D eigenvalue weighted by molar-refractivity contribution is -0.136. The van der Waals surface area contributed by atoms with E-state index in [4.69, 9.17) is 10.4 Å². The van der Waals surface area contributed by atoms with Crippen LogP contribution >= 0.6 is 15.9 Å². The average molecular weight is 309 g/mol. The van der Waals surface area contributed by atoms with Gasteiger partial charge in [-0.1, -0.05) is 0 Å². The Morgan fingerprint density at radius 1 is 1.56 bits per heavy atom. The minimum atomic E-state index is -0.784. The molecule has 0 atom stereocenters. The molecular weight excluding hydrogens is 296 g/mol. The molecule has 1 fully saturated rings. The summed E-state index contributed by atoms with van der Waals surface area (Å²) in [6.07, 6.45) is 2.35. The SMILES string of the molecule is N#Cc1ccc(N(CCC(=O)O)C2CC2)cc1Br. The molecule has 5 heteroatoms. The molecule has 18 heavy (non-hydrogen) atoms. The molecule has 0 saturated heterocycles. The molecule has 1 aliphatic carbocycles. The first-order valence-electron chi connectivity index (χ1n) is 5.80. The van der Waals surface area contributed by atoms with E-state index < -0.39 is 5.97 Å². The van der Waals surface area contributed by atoms with E-state index in [1.54, 1.807) is 6.07 Å². The predicted octanol–water partition coefficient (Wildman–Crippen LogP) is 2.76. The molecule has 1 N–H and O–H groups in total. The molecule has 1 aromatic rings. The fraction of sp³-hybridized carbons (Fsp3) is 0.385. The van der Waals surface area contributed by atoms with Crippen LogP contribution in [0.1, 0.15) is 24.8 Å². The van der Waals surface area contributed by atoms with Gasteiger partial charge in [0.15, 0.2) is 0 Å².